The zero-order valence-corrected chi connectivity index (χ0v) is 18.4. The van der Waals surface area contributed by atoms with Crippen LogP contribution in [0.2, 0.25) is 0 Å². The first-order chi connectivity index (χ1) is 16.9. The molecule has 2 heteroatoms. The molecule has 2 aromatic heterocycles. The summed E-state index contributed by atoms with van der Waals surface area (Å²) in [5, 5.41) is 4.39. The molecule has 0 bridgehead atoms. The fourth-order valence-electron chi connectivity index (χ4n) is 4.94. The molecule has 2 heterocycles. The van der Waals surface area contributed by atoms with Gasteiger partial charge in [-0.15, -0.1) is 0 Å². The highest BCUT2D eigenvalue weighted by molar-refractivity contribution is 6.15. The van der Waals surface area contributed by atoms with E-state index in [-0.39, 0.29) is 0 Å². The second kappa shape index (κ2) is 7.50. The van der Waals surface area contributed by atoms with Gasteiger partial charge in [-0.2, -0.15) is 0 Å². The van der Waals surface area contributed by atoms with Crippen LogP contribution >= 0.6 is 0 Å². The summed E-state index contributed by atoms with van der Waals surface area (Å²) < 4.78 is 12.9. The van der Waals surface area contributed by atoms with Crippen LogP contribution in [0, 0.1) is 0 Å². The first-order valence-electron chi connectivity index (χ1n) is 11.4. The monoisotopic (exact) mass is 436 g/mol. The second-order valence-corrected chi connectivity index (χ2v) is 8.53. The first kappa shape index (κ1) is 19.0. The molecule has 0 unspecified atom stereocenters. The molecule has 0 aliphatic heterocycles. The van der Waals surface area contributed by atoms with Crippen LogP contribution in [0.4, 0.5) is 0 Å². The molecule has 5 aromatic carbocycles. The molecule has 0 aliphatic carbocycles. The van der Waals surface area contributed by atoms with Crippen LogP contribution in [0.25, 0.3) is 66.5 Å². The van der Waals surface area contributed by atoms with Crippen LogP contribution in [0.15, 0.2) is 130 Å². The molecule has 0 aliphatic rings. The molecule has 160 valence electrons. The highest BCUT2D eigenvalue weighted by Gasteiger charge is 2.20. The Morgan fingerprint density at radius 2 is 1.00 bits per heavy atom. The summed E-state index contributed by atoms with van der Waals surface area (Å²) in [6.07, 6.45) is 0. The van der Waals surface area contributed by atoms with Gasteiger partial charge >= 0.3 is 0 Å². The second-order valence-electron chi connectivity index (χ2n) is 8.53. The van der Waals surface area contributed by atoms with E-state index in [4.69, 9.17) is 8.83 Å². The van der Waals surface area contributed by atoms with Gasteiger partial charge in [0, 0.05) is 32.7 Å². The Hall–Kier alpha value is -4.56. The minimum Gasteiger partial charge on any atom is -0.456 e. The molecular weight excluding hydrogens is 416 g/mol. The maximum Gasteiger partial charge on any atom is 0.143 e. The van der Waals surface area contributed by atoms with Gasteiger partial charge in [0.15, 0.2) is 0 Å². The average molecular weight is 437 g/mol. The van der Waals surface area contributed by atoms with E-state index >= 15 is 0 Å². The highest BCUT2D eigenvalue weighted by atomic mass is 16.3. The normalized spacial score (nSPS) is 11.5. The number of hydrogen-bond donors (Lipinski definition) is 0. The van der Waals surface area contributed by atoms with E-state index in [9.17, 15) is 0 Å². The standard InChI is InChI=1S/C32H20O2/c1-2-10-21(11-3-1)22-12-8-13-23(20-22)31-24-14-4-5-15-25(24)32(34-31)27-17-9-19-29-30(27)26-16-6-7-18-28(26)33-29/h1-20H. The van der Waals surface area contributed by atoms with Crippen molar-refractivity contribution >= 4 is 32.7 Å². The molecule has 0 N–H and O–H groups in total. The summed E-state index contributed by atoms with van der Waals surface area (Å²) in [5.74, 6) is 1.75. The van der Waals surface area contributed by atoms with Crippen LogP contribution in [0.1, 0.15) is 0 Å². The molecule has 0 saturated heterocycles. The smallest absolute Gasteiger partial charge is 0.143 e. The summed E-state index contributed by atoms with van der Waals surface area (Å²) in [7, 11) is 0. The van der Waals surface area contributed by atoms with E-state index in [1.165, 1.54) is 11.1 Å². The van der Waals surface area contributed by atoms with Crippen LogP contribution in [-0.4, -0.2) is 0 Å². The maximum atomic E-state index is 6.71. The Balaban J connectivity index is 1.49. The topological polar surface area (TPSA) is 26.3 Å². The first-order valence-corrected chi connectivity index (χ1v) is 11.4. The van der Waals surface area contributed by atoms with Gasteiger partial charge in [-0.1, -0.05) is 103 Å². The number of rotatable bonds is 3. The fraction of sp³-hybridized carbons (Fsp3) is 0. The molecule has 0 atom stereocenters. The molecule has 0 fully saturated rings. The van der Waals surface area contributed by atoms with Crippen molar-refractivity contribution in [3.8, 4) is 33.8 Å². The zero-order valence-electron chi connectivity index (χ0n) is 18.4. The van der Waals surface area contributed by atoms with Gasteiger partial charge in [-0.3, -0.25) is 0 Å². The highest BCUT2D eigenvalue weighted by Crippen LogP contribution is 2.44. The van der Waals surface area contributed by atoms with Crippen LogP contribution in [0.3, 0.4) is 0 Å². The Bertz CT molecular complexity index is 1800. The van der Waals surface area contributed by atoms with Gasteiger partial charge in [0.2, 0.25) is 0 Å². The minimum absolute atomic E-state index is 0.867. The molecule has 0 radical (unpaired) electrons. The van der Waals surface area contributed by atoms with E-state index in [1.807, 2.05) is 30.3 Å². The van der Waals surface area contributed by atoms with Crippen molar-refractivity contribution in [2.24, 2.45) is 0 Å². The average Bonchev–Trinajstić information content (AvgIpc) is 3.48. The summed E-state index contributed by atoms with van der Waals surface area (Å²) in [6, 6.07) is 41.8. The third kappa shape index (κ3) is 2.89. The molecule has 0 amide bonds. The molecule has 7 rings (SSSR count). The quantitative estimate of drug-likeness (QED) is 0.276. The molecule has 34 heavy (non-hydrogen) atoms. The Labute approximate surface area is 196 Å². The Kier molecular flexibility index (Phi) is 4.18. The third-order valence-corrected chi connectivity index (χ3v) is 6.50. The minimum atomic E-state index is 0.867. The lowest BCUT2D eigenvalue weighted by Crippen LogP contribution is -1.80. The molecular formula is C32H20O2. The van der Waals surface area contributed by atoms with Crippen molar-refractivity contribution in [3.05, 3.63) is 121 Å². The van der Waals surface area contributed by atoms with E-state index in [0.717, 1.165) is 55.4 Å². The van der Waals surface area contributed by atoms with Gasteiger partial charge in [-0.25, -0.2) is 0 Å². The molecule has 0 spiro atoms. The third-order valence-electron chi connectivity index (χ3n) is 6.50. The van der Waals surface area contributed by atoms with Crippen LogP contribution in [0.5, 0.6) is 0 Å². The summed E-state index contributed by atoms with van der Waals surface area (Å²) in [4.78, 5) is 0. The molecule has 2 nitrogen and oxygen atoms in total. The van der Waals surface area contributed by atoms with E-state index in [1.54, 1.807) is 0 Å². The summed E-state index contributed by atoms with van der Waals surface area (Å²) in [5.41, 5.74) is 6.22. The van der Waals surface area contributed by atoms with Gasteiger partial charge in [0.25, 0.3) is 0 Å². The lowest BCUT2D eigenvalue weighted by molar-refractivity contribution is 0.602. The number of benzene rings is 5. The number of furan rings is 2. The van der Waals surface area contributed by atoms with Crippen LogP contribution < -0.4 is 0 Å². The van der Waals surface area contributed by atoms with Gasteiger partial charge in [0.05, 0.1) is 0 Å². The lowest BCUT2D eigenvalue weighted by atomic mass is 9.99. The zero-order chi connectivity index (χ0) is 22.5. The van der Waals surface area contributed by atoms with Crippen molar-refractivity contribution in [3.63, 3.8) is 0 Å². The fourth-order valence-corrected chi connectivity index (χ4v) is 4.94. The molecule has 0 saturated carbocycles. The predicted molar refractivity (Wildman–Crippen MR) is 140 cm³/mol. The van der Waals surface area contributed by atoms with E-state index in [0.29, 0.717) is 0 Å². The number of hydrogen-bond acceptors (Lipinski definition) is 2. The van der Waals surface area contributed by atoms with Gasteiger partial charge < -0.3 is 8.83 Å². The van der Waals surface area contributed by atoms with Crippen molar-refractivity contribution in [1.82, 2.24) is 0 Å². The number of para-hydroxylation sites is 1. The summed E-state index contributed by atoms with van der Waals surface area (Å²) in [6.45, 7) is 0. The van der Waals surface area contributed by atoms with Crippen molar-refractivity contribution < 1.29 is 8.83 Å². The van der Waals surface area contributed by atoms with Crippen molar-refractivity contribution in [2.45, 2.75) is 0 Å². The van der Waals surface area contributed by atoms with Crippen LogP contribution in [-0.2, 0) is 0 Å². The van der Waals surface area contributed by atoms with Crippen molar-refractivity contribution in [1.29, 1.82) is 0 Å². The van der Waals surface area contributed by atoms with Gasteiger partial charge in [0.1, 0.15) is 22.7 Å². The predicted octanol–water partition coefficient (Wildman–Crippen LogP) is 9.33. The Morgan fingerprint density at radius 3 is 1.85 bits per heavy atom. The number of fused-ring (bicyclic) bond motifs is 4. The SMILES string of the molecule is c1ccc(-c2cccc(-c3oc(-c4cccc5oc6ccccc6c45)c4ccccc34)c2)cc1. The Morgan fingerprint density at radius 1 is 0.382 bits per heavy atom. The van der Waals surface area contributed by atoms with E-state index in [2.05, 4.69) is 91.0 Å². The largest absolute Gasteiger partial charge is 0.456 e. The van der Waals surface area contributed by atoms with Gasteiger partial charge in [-0.05, 0) is 29.3 Å². The summed E-state index contributed by atoms with van der Waals surface area (Å²) >= 11 is 0. The lowest BCUT2D eigenvalue weighted by Gasteiger charge is -2.05. The maximum absolute atomic E-state index is 6.71. The van der Waals surface area contributed by atoms with Crippen molar-refractivity contribution in [2.75, 3.05) is 0 Å². The molecule has 7 aromatic rings. The van der Waals surface area contributed by atoms with E-state index < -0.39 is 0 Å².